The number of halogens is 3. The molecule has 1 amide bonds. The summed E-state index contributed by atoms with van der Waals surface area (Å²) in [5, 5.41) is 12.8. The summed E-state index contributed by atoms with van der Waals surface area (Å²) in [5.41, 5.74) is 0.770. The molecule has 0 saturated carbocycles. The third kappa shape index (κ3) is 3.89. The first-order valence-corrected chi connectivity index (χ1v) is 8.32. The molecule has 2 aromatic carbocycles. The Bertz CT molecular complexity index is 880. The topological polar surface area (TPSA) is 55.6 Å². The highest BCUT2D eigenvalue weighted by Gasteiger charge is 2.40. The van der Waals surface area contributed by atoms with Crippen molar-refractivity contribution in [2.24, 2.45) is 0 Å². The zero-order valence-corrected chi connectivity index (χ0v) is 14.5. The van der Waals surface area contributed by atoms with E-state index in [2.05, 4.69) is 0 Å². The van der Waals surface area contributed by atoms with E-state index in [4.69, 9.17) is 4.74 Å². The van der Waals surface area contributed by atoms with Crippen LogP contribution in [0.25, 0.3) is 0 Å². The molecule has 1 heterocycles. The number of hydrogen-bond donors (Lipinski definition) is 0. The maximum atomic E-state index is 13.1. The van der Waals surface area contributed by atoms with Crippen LogP contribution in [0.2, 0.25) is 0 Å². The van der Waals surface area contributed by atoms with Crippen LogP contribution >= 0.6 is 0 Å². The Labute approximate surface area is 153 Å². The minimum atomic E-state index is -4.61. The lowest BCUT2D eigenvalue weighted by Gasteiger charge is -2.23. The minimum Gasteiger partial charge on any atom is -0.623 e. The Hall–Kier alpha value is -3.03. The molecular formula is C19H17F3N2O3. The van der Waals surface area contributed by atoms with Crippen LogP contribution in [0, 0.1) is 5.21 Å². The van der Waals surface area contributed by atoms with Crippen molar-refractivity contribution in [3.05, 3.63) is 64.9 Å². The Balaban J connectivity index is 2.28. The summed E-state index contributed by atoms with van der Waals surface area (Å²) in [7, 11) is 0. The van der Waals surface area contributed by atoms with Crippen molar-refractivity contribution in [3.63, 3.8) is 0 Å². The van der Waals surface area contributed by atoms with Gasteiger partial charge in [-0.1, -0.05) is 24.3 Å². The van der Waals surface area contributed by atoms with Gasteiger partial charge in [0.15, 0.2) is 0 Å². The number of carbonyl (C=O) groups is 1. The van der Waals surface area contributed by atoms with Gasteiger partial charge in [-0.15, -0.1) is 0 Å². The van der Waals surface area contributed by atoms with E-state index in [1.165, 1.54) is 12.1 Å². The SMILES string of the molecule is CCOc1cccc2c1C(c1ccccc1)=[N+]([O-])CC(=O)N2CC(F)(F)F. The van der Waals surface area contributed by atoms with Crippen LogP contribution < -0.4 is 9.64 Å². The van der Waals surface area contributed by atoms with Crippen LogP contribution in [0.5, 0.6) is 5.75 Å². The van der Waals surface area contributed by atoms with E-state index in [9.17, 15) is 23.2 Å². The highest BCUT2D eigenvalue weighted by atomic mass is 19.4. The highest BCUT2D eigenvalue weighted by molar-refractivity contribution is 6.18. The van der Waals surface area contributed by atoms with Gasteiger partial charge in [-0.05, 0) is 31.2 Å². The molecule has 2 aromatic rings. The number of nitrogens with zero attached hydrogens (tertiary/aromatic N) is 2. The molecule has 27 heavy (non-hydrogen) atoms. The molecule has 0 N–H and O–H groups in total. The summed E-state index contributed by atoms with van der Waals surface area (Å²) < 4.78 is 45.2. The summed E-state index contributed by atoms with van der Waals surface area (Å²) in [4.78, 5) is 13.0. The molecule has 0 bridgehead atoms. The average molecular weight is 378 g/mol. The number of amides is 1. The maximum absolute atomic E-state index is 13.1. The van der Waals surface area contributed by atoms with E-state index in [0.717, 1.165) is 0 Å². The molecule has 5 nitrogen and oxygen atoms in total. The van der Waals surface area contributed by atoms with Crippen LogP contribution in [0.4, 0.5) is 18.9 Å². The van der Waals surface area contributed by atoms with Gasteiger partial charge in [0.05, 0.1) is 12.3 Å². The fourth-order valence-corrected chi connectivity index (χ4v) is 3.04. The van der Waals surface area contributed by atoms with Gasteiger partial charge in [-0.3, -0.25) is 9.69 Å². The molecule has 0 saturated heterocycles. The van der Waals surface area contributed by atoms with Gasteiger partial charge in [-0.2, -0.15) is 17.9 Å². The van der Waals surface area contributed by atoms with Crippen molar-refractivity contribution in [2.45, 2.75) is 13.1 Å². The third-order valence-electron chi connectivity index (χ3n) is 4.05. The first kappa shape index (κ1) is 18.8. The van der Waals surface area contributed by atoms with Crippen LogP contribution in [0.1, 0.15) is 18.1 Å². The van der Waals surface area contributed by atoms with E-state index in [-0.39, 0.29) is 29.3 Å². The highest BCUT2D eigenvalue weighted by Crippen LogP contribution is 2.35. The maximum Gasteiger partial charge on any atom is 0.406 e. The Morgan fingerprint density at radius 3 is 2.48 bits per heavy atom. The summed E-state index contributed by atoms with van der Waals surface area (Å²) >= 11 is 0. The summed E-state index contributed by atoms with van der Waals surface area (Å²) in [6.45, 7) is -0.221. The van der Waals surface area contributed by atoms with E-state index >= 15 is 0 Å². The number of hydrogen-bond acceptors (Lipinski definition) is 3. The number of fused-ring (bicyclic) bond motifs is 1. The molecule has 3 rings (SSSR count). The second-order valence-electron chi connectivity index (χ2n) is 5.93. The number of carbonyl (C=O) groups excluding carboxylic acids is 1. The Kier molecular flexibility index (Phi) is 5.07. The molecule has 1 aliphatic heterocycles. The zero-order valence-electron chi connectivity index (χ0n) is 14.5. The summed E-state index contributed by atoms with van der Waals surface area (Å²) in [6, 6.07) is 13.0. The largest absolute Gasteiger partial charge is 0.623 e. The van der Waals surface area contributed by atoms with Crippen molar-refractivity contribution < 1.29 is 27.4 Å². The molecule has 0 aliphatic carbocycles. The molecule has 0 unspecified atom stereocenters. The number of rotatable bonds is 4. The van der Waals surface area contributed by atoms with Crippen molar-refractivity contribution in [2.75, 3.05) is 24.6 Å². The number of benzodiazepines with no additional fused rings is 1. The predicted octanol–water partition coefficient (Wildman–Crippen LogP) is 3.34. The van der Waals surface area contributed by atoms with Gasteiger partial charge in [0.25, 0.3) is 5.91 Å². The van der Waals surface area contributed by atoms with E-state index in [1.54, 1.807) is 43.3 Å². The molecule has 142 valence electrons. The lowest BCUT2D eigenvalue weighted by molar-refractivity contribution is -0.443. The van der Waals surface area contributed by atoms with Gasteiger partial charge in [0.1, 0.15) is 17.9 Å². The molecule has 0 spiro atoms. The van der Waals surface area contributed by atoms with Crippen LogP contribution in [0.3, 0.4) is 0 Å². The number of ether oxygens (including phenoxy) is 1. The monoisotopic (exact) mass is 378 g/mol. The molecule has 0 fully saturated rings. The quantitative estimate of drug-likeness (QED) is 0.606. The van der Waals surface area contributed by atoms with Gasteiger partial charge >= 0.3 is 6.18 Å². The second kappa shape index (κ2) is 7.30. The minimum absolute atomic E-state index is 0.000443. The molecule has 1 aliphatic rings. The van der Waals surface area contributed by atoms with Crippen LogP contribution in [-0.2, 0) is 4.79 Å². The zero-order chi connectivity index (χ0) is 19.6. The smallest absolute Gasteiger partial charge is 0.406 e. The fourth-order valence-electron chi connectivity index (χ4n) is 3.04. The predicted molar refractivity (Wildman–Crippen MR) is 94.2 cm³/mol. The van der Waals surface area contributed by atoms with Crippen molar-refractivity contribution >= 4 is 17.3 Å². The number of benzene rings is 2. The average Bonchev–Trinajstić information content (AvgIpc) is 2.71. The Morgan fingerprint density at radius 1 is 1.15 bits per heavy atom. The third-order valence-corrected chi connectivity index (χ3v) is 4.05. The van der Waals surface area contributed by atoms with Crippen LogP contribution in [-0.4, -0.2) is 42.2 Å². The summed E-state index contributed by atoms with van der Waals surface area (Å²) in [6.07, 6.45) is -4.61. The first-order valence-electron chi connectivity index (χ1n) is 8.32. The van der Waals surface area contributed by atoms with E-state index in [1.807, 2.05) is 0 Å². The number of anilines is 1. The molecule has 0 atom stereocenters. The van der Waals surface area contributed by atoms with Crippen molar-refractivity contribution in [3.8, 4) is 5.75 Å². The van der Waals surface area contributed by atoms with Crippen molar-refractivity contribution in [1.82, 2.24) is 0 Å². The van der Waals surface area contributed by atoms with E-state index in [0.29, 0.717) is 15.2 Å². The lowest BCUT2D eigenvalue weighted by atomic mass is 9.99. The van der Waals surface area contributed by atoms with Gasteiger partial charge in [-0.25, -0.2) is 0 Å². The van der Waals surface area contributed by atoms with Gasteiger partial charge < -0.3 is 9.94 Å². The van der Waals surface area contributed by atoms with Crippen LogP contribution in [0.15, 0.2) is 48.5 Å². The normalized spacial score (nSPS) is 14.8. The standard InChI is InChI=1S/C19H17F3N2O3/c1-2-27-15-10-6-9-14-17(15)18(13-7-4-3-5-8-13)24(26)11-16(25)23(14)12-19(20,21)22/h3-10H,2,11-12H2,1H3. The fraction of sp³-hybridized carbons (Fsp3) is 0.263. The first-order chi connectivity index (χ1) is 12.8. The molecule has 0 aromatic heterocycles. The molecule has 8 heteroatoms. The summed E-state index contributed by atoms with van der Waals surface area (Å²) in [5.74, 6) is -0.681. The number of hydroxylamine groups is 1. The second-order valence-corrected chi connectivity index (χ2v) is 5.93. The van der Waals surface area contributed by atoms with Gasteiger partial charge in [0, 0.05) is 5.56 Å². The molecule has 0 radical (unpaired) electrons. The van der Waals surface area contributed by atoms with Gasteiger partial charge in [0.2, 0.25) is 12.3 Å². The number of alkyl halides is 3. The van der Waals surface area contributed by atoms with Crippen molar-refractivity contribution in [1.29, 1.82) is 0 Å². The Morgan fingerprint density at radius 2 is 1.85 bits per heavy atom. The molecular weight excluding hydrogens is 361 g/mol. The lowest BCUT2D eigenvalue weighted by Crippen LogP contribution is -2.41. The van der Waals surface area contributed by atoms with E-state index < -0.39 is 25.2 Å².